The molecular formula is C14H21NO3. The molecular weight excluding hydrogens is 230 g/mol. The Bertz CT molecular complexity index is 379. The summed E-state index contributed by atoms with van der Waals surface area (Å²) in [6, 6.07) is 7.33. The lowest BCUT2D eigenvalue weighted by Gasteiger charge is -2.18. The topological polar surface area (TPSA) is 47.6 Å². The molecule has 0 aliphatic rings. The fourth-order valence-electron chi connectivity index (χ4n) is 1.55. The lowest BCUT2D eigenvalue weighted by Crippen LogP contribution is -2.38. The van der Waals surface area contributed by atoms with E-state index in [4.69, 9.17) is 9.47 Å². The number of carbonyl (C=O) groups is 1. The molecule has 100 valence electrons. The predicted octanol–water partition coefficient (Wildman–Crippen LogP) is 2.38. The maximum Gasteiger partial charge on any atom is 0.261 e. The number of hydrogen-bond acceptors (Lipinski definition) is 3. The summed E-state index contributed by atoms with van der Waals surface area (Å²) in [5.74, 6) is 1.16. The lowest BCUT2D eigenvalue weighted by molar-refractivity contribution is -0.128. The highest BCUT2D eigenvalue weighted by Gasteiger charge is 2.19. The first-order chi connectivity index (χ1) is 8.72. The van der Waals surface area contributed by atoms with Gasteiger partial charge >= 0.3 is 0 Å². The highest BCUT2D eigenvalue weighted by Crippen LogP contribution is 2.27. The molecule has 0 aromatic heterocycles. The molecule has 0 radical (unpaired) electrons. The molecule has 18 heavy (non-hydrogen) atoms. The molecule has 1 N–H and O–H groups in total. The van der Waals surface area contributed by atoms with E-state index in [0.717, 1.165) is 6.42 Å². The molecule has 0 heterocycles. The van der Waals surface area contributed by atoms with Crippen molar-refractivity contribution >= 4 is 5.91 Å². The molecule has 0 fully saturated rings. The van der Waals surface area contributed by atoms with Crippen LogP contribution in [0.5, 0.6) is 11.5 Å². The van der Waals surface area contributed by atoms with Crippen molar-refractivity contribution in [2.24, 2.45) is 0 Å². The molecule has 0 saturated heterocycles. The zero-order valence-corrected chi connectivity index (χ0v) is 11.2. The molecule has 1 atom stereocenters. The minimum absolute atomic E-state index is 0.0785. The summed E-state index contributed by atoms with van der Waals surface area (Å²) in [5, 5.41) is 2.84. The van der Waals surface area contributed by atoms with Crippen molar-refractivity contribution in [3.05, 3.63) is 24.3 Å². The molecule has 0 aliphatic carbocycles. The first kappa shape index (κ1) is 14.4. The molecule has 1 rings (SSSR count). The van der Waals surface area contributed by atoms with Crippen LogP contribution in [0.4, 0.5) is 0 Å². The van der Waals surface area contributed by atoms with Gasteiger partial charge < -0.3 is 14.8 Å². The van der Waals surface area contributed by atoms with Crippen LogP contribution >= 0.6 is 0 Å². The SMILES string of the molecule is CCCNC(=O)[C@@H](CC)Oc1ccccc1OC. The Morgan fingerprint density at radius 2 is 1.94 bits per heavy atom. The van der Waals surface area contributed by atoms with Crippen LogP contribution in [0.25, 0.3) is 0 Å². The summed E-state index contributed by atoms with van der Waals surface area (Å²) in [5.41, 5.74) is 0. The average molecular weight is 251 g/mol. The van der Waals surface area contributed by atoms with Gasteiger partial charge in [-0.05, 0) is 25.0 Å². The number of ether oxygens (including phenoxy) is 2. The number of nitrogens with one attached hydrogen (secondary N) is 1. The highest BCUT2D eigenvalue weighted by atomic mass is 16.5. The van der Waals surface area contributed by atoms with E-state index in [-0.39, 0.29) is 5.91 Å². The van der Waals surface area contributed by atoms with Crippen molar-refractivity contribution in [1.29, 1.82) is 0 Å². The first-order valence-corrected chi connectivity index (χ1v) is 6.30. The Morgan fingerprint density at radius 3 is 2.50 bits per heavy atom. The van der Waals surface area contributed by atoms with Crippen LogP contribution < -0.4 is 14.8 Å². The number of carbonyl (C=O) groups excluding carboxylic acids is 1. The summed E-state index contributed by atoms with van der Waals surface area (Å²) in [7, 11) is 1.58. The molecule has 1 aromatic rings. The van der Waals surface area contributed by atoms with E-state index in [1.165, 1.54) is 0 Å². The maximum atomic E-state index is 11.9. The monoisotopic (exact) mass is 251 g/mol. The van der Waals surface area contributed by atoms with Crippen molar-refractivity contribution in [3.63, 3.8) is 0 Å². The second-order valence-electron chi connectivity index (χ2n) is 3.96. The fraction of sp³-hybridized carbons (Fsp3) is 0.500. The fourth-order valence-corrected chi connectivity index (χ4v) is 1.55. The van der Waals surface area contributed by atoms with Crippen molar-refractivity contribution in [1.82, 2.24) is 5.32 Å². The van der Waals surface area contributed by atoms with Crippen LogP contribution in [0.1, 0.15) is 26.7 Å². The van der Waals surface area contributed by atoms with Crippen LogP contribution in [0.15, 0.2) is 24.3 Å². The zero-order chi connectivity index (χ0) is 13.4. The normalized spacial score (nSPS) is 11.7. The number of benzene rings is 1. The molecule has 1 aromatic carbocycles. The van der Waals surface area contributed by atoms with E-state index in [1.807, 2.05) is 32.0 Å². The van der Waals surface area contributed by atoms with Crippen LogP contribution in [-0.2, 0) is 4.79 Å². The summed E-state index contributed by atoms with van der Waals surface area (Å²) in [6.45, 7) is 4.61. The summed E-state index contributed by atoms with van der Waals surface area (Å²) in [4.78, 5) is 11.9. The third kappa shape index (κ3) is 3.95. The van der Waals surface area contributed by atoms with Gasteiger partial charge in [0.2, 0.25) is 0 Å². The van der Waals surface area contributed by atoms with Crippen molar-refractivity contribution < 1.29 is 14.3 Å². The Labute approximate surface area is 108 Å². The second-order valence-corrected chi connectivity index (χ2v) is 3.96. The molecule has 4 nitrogen and oxygen atoms in total. The summed E-state index contributed by atoms with van der Waals surface area (Å²) in [6.07, 6.45) is 1.05. The largest absolute Gasteiger partial charge is 0.493 e. The van der Waals surface area contributed by atoms with Crippen molar-refractivity contribution in [3.8, 4) is 11.5 Å². The Balaban J connectivity index is 2.70. The Morgan fingerprint density at radius 1 is 1.28 bits per heavy atom. The first-order valence-electron chi connectivity index (χ1n) is 6.30. The van der Waals surface area contributed by atoms with Crippen molar-refractivity contribution in [2.75, 3.05) is 13.7 Å². The Kier molecular flexibility index (Phi) is 6.05. The number of rotatable bonds is 7. The lowest BCUT2D eigenvalue weighted by atomic mass is 10.2. The third-order valence-corrected chi connectivity index (χ3v) is 2.55. The summed E-state index contributed by atoms with van der Waals surface area (Å²) < 4.78 is 10.9. The van der Waals surface area contributed by atoms with E-state index < -0.39 is 6.10 Å². The van der Waals surface area contributed by atoms with Crippen LogP contribution in [0.3, 0.4) is 0 Å². The number of hydrogen-bond donors (Lipinski definition) is 1. The smallest absolute Gasteiger partial charge is 0.261 e. The summed E-state index contributed by atoms with van der Waals surface area (Å²) >= 11 is 0. The third-order valence-electron chi connectivity index (χ3n) is 2.55. The van der Waals surface area contributed by atoms with E-state index in [1.54, 1.807) is 13.2 Å². The molecule has 0 aliphatic heterocycles. The highest BCUT2D eigenvalue weighted by molar-refractivity contribution is 5.81. The molecule has 0 saturated carbocycles. The van der Waals surface area contributed by atoms with Gasteiger partial charge in [-0.3, -0.25) is 4.79 Å². The Hall–Kier alpha value is -1.71. The van der Waals surface area contributed by atoms with Crippen LogP contribution in [-0.4, -0.2) is 25.7 Å². The van der Waals surface area contributed by atoms with E-state index in [0.29, 0.717) is 24.5 Å². The van der Waals surface area contributed by atoms with Gasteiger partial charge in [0.05, 0.1) is 7.11 Å². The minimum atomic E-state index is -0.479. The van der Waals surface area contributed by atoms with E-state index in [2.05, 4.69) is 5.32 Å². The predicted molar refractivity (Wildman–Crippen MR) is 71.0 cm³/mol. The van der Waals surface area contributed by atoms with Gasteiger partial charge in [-0.25, -0.2) is 0 Å². The quantitative estimate of drug-likeness (QED) is 0.809. The van der Waals surface area contributed by atoms with Crippen LogP contribution in [0, 0.1) is 0 Å². The van der Waals surface area contributed by atoms with E-state index in [9.17, 15) is 4.79 Å². The molecule has 0 spiro atoms. The van der Waals surface area contributed by atoms with Gasteiger partial charge in [-0.15, -0.1) is 0 Å². The van der Waals surface area contributed by atoms with Gasteiger partial charge in [-0.2, -0.15) is 0 Å². The molecule has 1 amide bonds. The number of methoxy groups -OCH3 is 1. The number of amides is 1. The van der Waals surface area contributed by atoms with Crippen LogP contribution in [0.2, 0.25) is 0 Å². The minimum Gasteiger partial charge on any atom is -0.493 e. The maximum absolute atomic E-state index is 11.9. The van der Waals surface area contributed by atoms with Gasteiger partial charge in [0.15, 0.2) is 17.6 Å². The van der Waals surface area contributed by atoms with Gasteiger partial charge in [0.1, 0.15) is 0 Å². The standard InChI is InChI=1S/C14H21NO3/c1-4-10-15-14(16)11(5-2)18-13-9-7-6-8-12(13)17-3/h6-9,11H,4-5,10H2,1-3H3,(H,15,16)/t11-/m1/s1. The molecule has 0 bridgehead atoms. The second kappa shape index (κ2) is 7.58. The van der Waals surface area contributed by atoms with Crippen molar-refractivity contribution in [2.45, 2.75) is 32.8 Å². The van der Waals surface area contributed by atoms with Gasteiger partial charge in [-0.1, -0.05) is 26.0 Å². The number of para-hydroxylation sites is 2. The molecule has 4 heteroatoms. The van der Waals surface area contributed by atoms with Gasteiger partial charge in [0.25, 0.3) is 5.91 Å². The zero-order valence-electron chi connectivity index (χ0n) is 11.2. The average Bonchev–Trinajstić information content (AvgIpc) is 2.42. The van der Waals surface area contributed by atoms with E-state index >= 15 is 0 Å². The van der Waals surface area contributed by atoms with Gasteiger partial charge in [0, 0.05) is 6.54 Å². The molecule has 0 unspecified atom stereocenters.